The van der Waals surface area contributed by atoms with Crippen LogP contribution in [0.5, 0.6) is 0 Å². The van der Waals surface area contributed by atoms with Crippen molar-refractivity contribution in [1.82, 2.24) is 14.8 Å². The Morgan fingerprint density at radius 2 is 1.81 bits per heavy atom. The van der Waals surface area contributed by atoms with Crippen molar-refractivity contribution in [1.29, 1.82) is 5.26 Å². The molecule has 3 aromatic rings. The van der Waals surface area contributed by atoms with Crippen LogP contribution < -0.4 is 0 Å². The fourth-order valence-corrected chi connectivity index (χ4v) is 4.82. The summed E-state index contributed by atoms with van der Waals surface area (Å²) in [6.07, 6.45) is 4.73. The van der Waals surface area contributed by atoms with E-state index in [0.29, 0.717) is 22.4 Å². The van der Waals surface area contributed by atoms with E-state index in [-0.39, 0.29) is 0 Å². The van der Waals surface area contributed by atoms with Gasteiger partial charge in [0.15, 0.2) is 11.0 Å². The number of hydrogen-bond donors (Lipinski definition) is 0. The fourth-order valence-electron chi connectivity index (χ4n) is 3.59. The van der Waals surface area contributed by atoms with E-state index in [1.807, 2.05) is 48.5 Å². The molecule has 6 heteroatoms. The molecule has 1 aliphatic carbocycles. The quantitative estimate of drug-likeness (QED) is 0.507. The Labute approximate surface area is 168 Å². The van der Waals surface area contributed by atoms with Gasteiger partial charge in [0.05, 0.1) is 16.7 Å². The van der Waals surface area contributed by atoms with Crippen molar-refractivity contribution in [2.45, 2.75) is 42.6 Å². The second kappa shape index (κ2) is 8.16. The molecule has 0 N–H and O–H groups in total. The minimum absolute atomic E-state index is 0.403. The molecule has 0 atom stereocenters. The van der Waals surface area contributed by atoms with Gasteiger partial charge in [-0.05, 0) is 36.6 Å². The number of halogens is 1. The zero-order valence-electron chi connectivity index (χ0n) is 14.8. The van der Waals surface area contributed by atoms with E-state index in [9.17, 15) is 5.26 Å². The Balaban J connectivity index is 1.69. The molecule has 0 aliphatic heterocycles. The number of nitriles is 1. The summed E-state index contributed by atoms with van der Waals surface area (Å²) in [4.78, 5) is 0. The van der Waals surface area contributed by atoms with Crippen molar-refractivity contribution in [2.75, 3.05) is 0 Å². The van der Waals surface area contributed by atoms with Gasteiger partial charge >= 0.3 is 0 Å². The van der Waals surface area contributed by atoms with E-state index in [0.717, 1.165) is 34.9 Å². The van der Waals surface area contributed by atoms with Gasteiger partial charge in [0.2, 0.25) is 0 Å². The summed E-state index contributed by atoms with van der Waals surface area (Å²) >= 11 is 8.07. The van der Waals surface area contributed by atoms with Gasteiger partial charge in [0.25, 0.3) is 0 Å². The molecule has 0 amide bonds. The predicted molar refractivity (Wildman–Crippen MR) is 109 cm³/mol. The third-order valence-electron chi connectivity index (χ3n) is 4.96. The normalized spacial score (nSPS) is 14.4. The number of aromatic nitrogens is 3. The van der Waals surface area contributed by atoms with Crippen LogP contribution >= 0.6 is 23.4 Å². The lowest BCUT2D eigenvalue weighted by Crippen LogP contribution is -2.08. The summed E-state index contributed by atoms with van der Waals surface area (Å²) in [6, 6.07) is 18.2. The minimum Gasteiger partial charge on any atom is -0.299 e. The maximum Gasteiger partial charge on any atom is 0.192 e. The molecule has 27 heavy (non-hydrogen) atoms. The molecule has 0 spiro atoms. The second-order valence-electron chi connectivity index (χ2n) is 6.65. The van der Waals surface area contributed by atoms with Crippen molar-refractivity contribution in [3.8, 4) is 17.5 Å². The molecule has 0 unspecified atom stereocenters. The van der Waals surface area contributed by atoms with Crippen molar-refractivity contribution in [2.24, 2.45) is 0 Å². The lowest BCUT2D eigenvalue weighted by Gasteiger charge is -2.17. The van der Waals surface area contributed by atoms with Crippen LogP contribution in [0.1, 0.15) is 42.9 Å². The molecule has 1 fully saturated rings. The Bertz CT molecular complexity index is 986. The zero-order chi connectivity index (χ0) is 18.6. The van der Waals surface area contributed by atoms with Gasteiger partial charge in [-0.3, -0.25) is 4.57 Å². The number of nitrogens with zero attached hydrogens (tertiary/aromatic N) is 4. The SMILES string of the molecule is N#Cc1ccccc1CSc1nnc(-c2ccccc2Cl)n1C1CCCC1. The lowest BCUT2D eigenvalue weighted by molar-refractivity contribution is 0.485. The monoisotopic (exact) mass is 394 g/mol. The maximum atomic E-state index is 9.32. The van der Waals surface area contributed by atoms with Crippen LogP contribution in [0.4, 0.5) is 0 Å². The maximum absolute atomic E-state index is 9.32. The highest BCUT2D eigenvalue weighted by Crippen LogP contribution is 2.38. The van der Waals surface area contributed by atoms with E-state index in [4.69, 9.17) is 11.6 Å². The lowest BCUT2D eigenvalue weighted by atomic mass is 10.1. The smallest absolute Gasteiger partial charge is 0.192 e. The van der Waals surface area contributed by atoms with Crippen molar-refractivity contribution in [3.63, 3.8) is 0 Å². The summed E-state index contributed by atoms with van der Waals surface area (Å²) in [5, 5.41) is 19.9. The van der Waals surface area contributed by atoms with Gasteiger partial charge in [0.1, 0.15) is 0 Å². The highest BCUT2D eigenvalue weighted by molar-refractivity contribution is 7.98. The molecule has 2 aromatic carbocycles. The standard InChI is InChI=1S/C21H19ClN4S/c22-19-12-6-5-11-18(19)20-24-25-21(26(20)17-9-3-4-10-17)27-14-16-8-2-1-7-15(16)13-23/h1-2,5-8,11-12,17H,3-4,9-10,14H2. The number of rotatable bonds is 5. The van der Waals surface area contributed by atoms with Crippen LogP contribution in [-0.4, -0.2) is 14.8 Å². The van der Waals surface area contributed by atoms with E-state index in [2.05, 4.69) is 20.8 Å². The summed E-state index contributed by atoms with van der Waals surface area (Å²) in [7, 11) is 0. The van der Waals surface area contributed by atoms with Gasteiger partial charge in [-0.2, -0.15) is 5.26 Å². The van der Waals surface area contributed by atoms with E-state index >= 15 is 0 Å². The third kappa shape index (κ3) is 3.73. The Morgan fingerprint density at radius 1 is 1.07 bits per heavy atom. The first kappa shape index (κ1) is 18.1. The topological polar surface area (TPSA) is 54.5 Å². The Morgan fingerprint density at radius 3 is 2.59 bits per heavy atom. The Hall–Kier alpha value is -2.29. The van der Waals surface area contributed by atoms with Crippen LogP contribution in [0.25, 0.3) is 11.4 Å². The van der Waals surface area contributed by atoms with Crippen LogP contribution in [0.2, 0.25) is 5.02 Å². The van der Waals surface area contributed by atoms with Gasteiger partial charge in [0, 0.05) is 17.4 Å². The van der Waals surface area contributed by atoms with Crippen molar-refractivity contribution >= 4 is 23.4 Å². The minimum atomic E-state index is 0.403. The average Bonchev–Trinajstić information content (AvgIpc) is 3.36. The van der Waals surface area contributed by atoms with E-state index in [1.165, 1.54) is 12.8 Å². The first-order valence-corrected chi connectivity index (χ1v) is 10.4. The number of benzene rings is 2. The highest BCUT2D eigenvalue weighted by atomic mass is 35.5. The summed E-state index contributed by atoms with van der Waals surface area (Å²) < 4.78 is 2.26. The molecule has 4 nitrogen and oxygen atoms in total. The molecule has 4 rings (SSSR count). The first-order valence-electron chi connectivity index (χ1n) is 9.08. The molecule has 0 bridgehead atoms. The average molecular weight is 395 g/mol. The van der Waals surface area contributed by atoms with Gasteiger partial charge in [-0.25, -0.2) is 0 Å². The summed E-state index contributed by atoms with van der Waals surface area (Å²) in [5.41, 5.74) is 2.65. The predicted octanol–water partition coefficient (Wildman–Crippen LogP) is 5.88. The molecular formula is C21H19ClN4S. The molecular weight excluding hydrogens is 376 g/mol. The van der Waals surface area contributed by atoms with Gasteiger partial charge in [-0.1, -0.05) is 66.5 Å². The van der Waals surface area contributed by atoms with Crippen LogP contribution in [-0.2, 0) is 5.75 Å². The fraction of sp³-hybridized carbons (Fsp3) is 0.286. The second-order valence-corrected chi connectivity index (χ2v) is 8.00. The third-order valence-corrected chi connectivity index (χ3v) is 6.29. The molecule has 0 saturated heterocycles. The summed E-state index contributed by atoms with van der Waals surface area (Å²) in [5.74, 6) is 1.53. The Kier molecular flexibility index (Phi) is 5.47. The van der Waals surface area contributed by atoms with E-state index in [1.54, 1.807) is 11.8 Å². The molecule has 1 heterocycles. The zero-order valence-corrected chi connectivity index (χ0v) is 16.4. The van der Waals surface area contributed by atoms with Crippen LogP contribution in [0.3, 0.4) is 0 Å². The first-order chi connectivity index (χ1) is 13.3. The molecule has 1 aromatic heterocycles. The van der Waals surface area contributed by atoms with Gasteiger partial charge in [-0.15, -0.1) is 10.2 Å². The van der Waals surface area contributed by atoms with Crippen LogP contribution in [0, 0.1) is 11.3 Å². The van der Waals surface area contributed by atoms with Gasteiger partial charge < -0.3 is 0 Å². The number of hydrogen-bond acceptors (Lipinski definition) is 4. The van der Waals surface area contributed by atoms with Crippen LogP contribution in [0.15, 0.2) is 53.7 Å². The van der Waals surface area contributed by atoms with Crippen molar-refractivity contribution < 1.29 is 0 Å². The molecule has 136 valence electrons. The molecule has 0 radical (unpaired) electrons. The highest BCUT2D eigenvalue weighted by Gasteiger charge is 2.25. The van der Waals surface area contributed by atoms with E-state index < -0.39 is 0 Å². The van der Waals surface area contributed by atoms with Crippen molar-refractivity contribution in [3.05, 3.63) is 64.7 Å². The molecule has 1 saturated carbocycles. The summed E-state index contributed by atoms with van der Waals surface area (Å²) in [6.45, 7) is 0. The largest absolute Gasteiger partial charge is 0.299 e. The molecule has 1 aliphatic rings. The number of thioether (sulfide) groups is 1.